The lowest BCUT2D eigenvalue weighted by Gasteiger charge is -2.34. The van der Waals surface area contributed by atoms with Crippen LogP contribution in [-0.2, 0) is 9.53 Å². The molecule has 0 saturated carbocycles. The molecule has 1 aromatic carbocycles. The number of nitrogens with zero attached hydrogens (tertiary/aromatic N) is 3. The Morgan fingerprint density at radius 3 is 2.47 bits per heavy atom. The SMILES string of the molecule is CCNC(=NCC(c1cccc(OC)c1)N(CC)CC)N1CCC(C(=O)OCC)CC1.I. The third-order valence-corrected chi connectivity index (χ3v) is 5.90. The van der Waals surface area contributed by atoms with Crippen LogP contribution in [0.2, 0.25) is 0 Å². The van der Waals surface area contributed by atoms with Gasteiger partial charge in [-0.3, -0.25) is 14.7 Å². The molecule has 1 saturated heterocycles. The summed E-state index contributed by atoms with van der Waals surface area (Å²) in [5.41, 5.74) is 1.21. The quantitative estimate of drug-likeness (QED) is 0.203. The number of ether oxygens (including phenoxy) is 2. The normalized spacial score (nSPS) is 15.8. The number of piperidine rings is 1. The third kappa shape index (κ3) is 8.10. The van der Waals surface area contributed by atoms with Gasteiger partial charge in [-0.05, 0) is 57.5 Å². The Morgan fingerprint density at radius 2 is 1.91 bits per heavy atom. The number of carbonyl (C=O) groups excluding carboxylic acids is 1. The zero-order valence-corrected chi connectivity index (χ0v) is 22.6. The molecule has 1 heterocycles. The maximum absolute atomic E-state index is 12.1. The van der Waals surface area contributed by atoms with Crippen LogP contribution in [0.4, 0.5) is 0 Å². The molecule has 0 aliphatic carbocycles. The fourth-order valence-electron chi connectivity index (χ4n) is 4.13. The minimum absolute atomic E-state index is 0. The number of guanidine groups is 1. The van der Waals surface area contributed by atoms with E-state index in [1.165, 1.54) is 5.56 Å². The molecule has 2 rings (SSSR count). The van der Waals surface area contributed by atoms with Crippen LogP contribution < -0.4 is 10.1 Å². The number of methoxy groups -OCH3 is 1. The first kappa shape index (κ1) is 28.5. The van der Waals surface area contributed by atoms with Gasteiger partial charge in [-0.15, -0.1) is 24.0 Å². The van der Waals surface area contributed by atoms with Crippen LogP contribution >= 0.6 is 24.0 Å². The highest BCUT2D eigenvalue weighted by Crippen LogP contribution is 2.25. The van der Waals surface area contributed by atoms with E-state index >= 15 is 0 Å². The van der Waals surface area contributed by atoms with Crippen molar-refractivity contribution in [1.29, 1.82) is 0 Å². The number of hydrogen-bond acceptors (Lipinski definition) is 5. The maximum atomic E-state index is 12.1. The average Bonchev–Trinajstić information content (AvgIpc) is 2.81. The minimum atomic E-state index is -0.0660. The summed E-state index contributed by atoms with van der Waals surface area (Å²) >= 11 is 0. The van der Waals surface area contributed by atoms with E-state index in [0.29, 0.717) is 13.2 Å². The molecule has 1 fully saturated rings. The Balaban J connectivity index is 0.00000512. The molecule has 32 heavy (non-hydrogen) atoms. The standard InChI is InChI=1S/C24H40N4O3.HI/c1-6-25-24(28-15-13-19(14-16-28)23(29)31-9-4)26-18-22(27(7-2)8-3)20-11-10-12-21(17-20)30-5;/h10-12,17,19,22H,6-9,13-16,18H2,1-5H3,(H,25,26);1H. The molecular formula is C24H41IN4O3. The molecule has 1 unspecified atom stereocenters. The smallest absolute Gasteiger partial charge is 0.309 e. The molecular weight excluding hydrogens is 519 g/mol. The van der Waals surface area contributed by atoms with Crippen molar-refractivity contribution in [3.63, 3.8) is 0 Å². The highest BCUT2D eigenvalue weighted by molar-refractivity contribution is 14.0. The monoisotopic (exact) mass is 560 g/mol. The summed E-state index contributed by atoms with van der Waals surface area (Å²) in [5, 5.41) is 3.44. The summed E-state index contributed by atoms with van der Waals surface area (Å²) < 4.78 is 10.6. The van der Waals surface area contributed by atoms with Gasteiger partial charge in [0.1, 0.15) is 5.75 Å². The zero-order chi connectivity index (χ0) is 22.6. The Morgan fingerprint density at radius 1 is 1.22 bits per heavy atom. The summed E-state index contributed by atoms with van der Waals surface area (Å²) in [4.78, 5) is 21.8. The number of rotatable bonds is 10. The predicted octanol–water partition coefficient (Wildman–Crippen LogP) is 3.94. The minimum Gasteiger partial charge on any atom is -0.497 e. The van der Waals surface area contributed by atoms with Gasteiger partial charge >= 0.3 is 5.97 Å². The van der Waals surface area contributed by atoms with E-state index in [4.69, 9.17) is 14.5 Å². The van der Waals surface area contributed by atoms with Crippen LogP contribution in [0.5, 0.6) is 5.75 Å². The summed E-state index contributed by atoms with van der Waals surface area (Å²) in [7, 11) is 1.70. The molecule has 1 aliphatic heterocycles. The Labute approximate surface area is 210 Å². The van der Waals surface area contributed by atoms with Gasteiger partial charge < -0.3 is 19.7 Å². The van der Waals surface area contributed by atoms with Crippen LogP contribution in [0, 0.1) is 5.92 Å². The highest BCUT2D eigenvalue weighted by Gasteiger charge is 2.27. The van der Waals surface area contributed by atoms with Gasteiger partial charge in [0, 0.05) is 19.6 Å². The van der Waals surface area contributed by atoms with E-state index in [-0.39, 0.29) is 41.9 Å². The van der Waals surface area contributed by atoms with Crippen LogP contribution in [-0.4, -0.2) is 74.7 Å². The number of esters is 1. The number of likely N-dealkylation sites (tertiary alicyclic amines) is 1. The first-order valence-electron chi connectivity index (χ1n) is 11.7. The number of likely N-dealkylation sites (N-methyl/N-ethyl adjacent to an activating group) is 1. The van der Waals surface area contributed by atoms with E-state index < -0.39 is 0 Å². The molecule has 0 aromatic heterocycles. The van der Waals surface area contributed by atoms with E-state index in [2.05, 4.69) is 48.0 Å². The largest absolute Gasteiger partial charge is 0.497 e. The molecule has 1 aromatic rings. The lowest BCUT2D eigenvalue weighted by atomic mass is 9.97. The van der Waals surface area contributed by atoms with Gasteiger partial charge in [-0.25, -0.2) is 0 Å². The number of carbonyl (C=O) groups is 1. The van der Waals surface area contributed by atoms with E-state index in [0.717, 1.165) is 57.3 Å². The molecule has 0 bridgehead atoms. The molecule has 0 amide bonds. The number of halogens is 1. The number of nitrogens with one attached hydrogen (secondary N) is 1. The van der Waals surface area contributed by atoms with Crippen molar-refractivity contribution in [2.75, 3.05) is 53.0 Å². The van der Waals surface area contributed by atoms with E-state index in [1.54, 1.807) is 7.11 Å². The predicted molar refractivity (Wildman–Crippen MR) is 141 cm³/mol. The van der Waals surface area contributed by atoms with Gasteiger partial charge in [0.2, 0.25) is 0 Å². The van der Waals surface area contributed by atoms with Crippen molar-refractivity contribution in [3.05, 3.63) is 29.8 Å². The Hall–Kier alpha value is -1.55. The molecule has 1 aliphatic rings. The van der Waals surface area contributed by atoms with Crippen molar-refractivity contribution in [2.45, 2.75) is 46.6 Å². The fraction of sp³-hybridized carbons (Fsp3) is 0.667. The molecule has 8 heteroatoms. The van der Waals surface area contributed by atoms with Gasteiger partial charge in [0.05, 0.1) is 32.2 Å². The first-order valence-corrected chi connectivity index (χ1v) is 11.7. The zero-order valence-electron chi connectivity index (χ0n) is 20.3. The van der Waals surface area contributed by atoms with Crippen LogP contribution in [0.15, 0.2) is 29.3 Å². The lowest BCUT2D eigenvalue weighted by Crippen LogP contribution is -2.47. The summed E-state index contributed by atoms with van der Waals surface area (Å²) in [5.74, 6) is 1.72. The molecule has 1 N–H and O–H groups in total. The molecule has 0 radical (unpaired) electrons. The van der Waals surface area contributed by atoms with Crippen molar-refractivity contribution in [2.24, 2.45) is 10.9 Å². The molecule has 1 atom stereocenters. The van der Waals surface area contributed by atoms with Crippen molar-refractivity contribution in [1.82, 2.24) is 15.1 Å². The second-order valence-electron chi connectivity index (χ2n) is 7.72. The maximum Gasteiger partial charge on any atom is 0.309 e. The van der Waals surface area contributed by atoms with E-state index in [9.17, 15) is 4.79 Å². The molecule has 0 spiro atoms. The van der Waals surface area contributed by atoms with Crippen LogP contribution in [0.3, 0.4) is 0 Å². The van der Waals surface area contributed by atoms with E-state index in [1.807, 2.05) is 19.1 Å². The van der Waals surface area contributed by atoms with Crippen LogP contribution in [0.1, 0.15) is 52.1 Å². The van der Waals surface area contributed by atoms with Crippen molar-refractivity contribution < 1.29 is 14.3 Å². The lowest BCUT2D eigenvalue weighted by molar-refractivity contribution is -0.149. The van der Waals surface area contributed by atoms with Gasteiger partial charge in [0.25, 0.3) is 0 Å². The average molecular weight is 561 g/mol. The van der Waals surface area contributed by atoms with Gasteiger partial charge in [0.15, 0.2) is 5.96 Å². The number of hydrogen-bond donors (Lipinski definition) is 1. The Bertz CT molecular complexity index is 704. The first-order chi connectivity index (χ1) is 15.1. The summed E-state index contributed by atoms with van der Waals surface area (Å²) in [6, 6.07) is 8.45. The number of benzene rings is 1. The van der Waals surface area contributed by atoms with Crippen molar-refractivity contribution >= 4 is 35.9 Å². The summed E-state index contributed by atoms with van der Waals surface area (Å²) in [6.07, 6.45) is 1.61. The molecule has 182 valence electrons. The van der Waals surface area contributed by atoms with Gasteiger partial charge in [-0.2, -0.15) is 0 Å². The second kappa shape index (κ2) is 15.3. The Kier molecular flexibility index (Phi) is 13.6. The topological polar surface area (TPSA) is 66.4 Å². The second-order valence-corrected chi connectivity index (χ2v) is 7.72. The fourth-order valence-corrected chi connectivity index (χ4v) is 4.13. The summed E-state index contributed by atoms with van der Waals surface area (Å²) in [6.45, 7) is 13.8. The number of aliphatic imine (C=N–C) groups is 1. The third-order valence-electron chi connectivity index (χ3n) is 5.90. The molecule has 7 nitrogen and oxygen atoms in total. The van der Waals surface area contributed by atoms with Crippen molar-refractivity contribution in [3.8, 4) is 5.75 Å². The highest BCUT2D eigenvalue weighted by atomic mass is 127. The van der Waals surface area contributed by atoms with Crippen LogP contribution in [0.25, 0.3) is 0 Å². The van der Waals surface area contributed by atoms with Gasteiger partial charge in [-0.1, -0.05) is 26.0 Å².